The van der Waals surface area contributed by atoms with E-state index in [1.165, 1.54) is 7.11 Å². The van der Waals surface area contributed by atoms with Gasteiger partial charge >= 0.3 is 0 Å². The minimum absolute atomic E-state index is 0.147. The van der Waals surface area contributed by atoms with Gasteiger partial charge in [0, 0.05) is 10.0 Å². The van der Waals surface area contributed by atoms with E-state index in [0.29, 0.717) is 17.1 Å². The Morgan fingerprint density at radius 1 is 1.25 bits per heavy atom. The van der Waals surface area contributed by atoms with Gasteiger partial charge in [-0.25, -0.2) is 0 Å². The molecule has 0 bridgehead atoms. The Morgan fingerprint density at radius 2 is 2.00 bits per heavy atom. The zero-order chi connectivity index (χ0) is 17.5. The molecule has 0 spiro atoms. The molecule has 0 aliphatic carbocycles. The van der Waals surface area contributed by atoms with Gasteiger partial charge in [0.05, 0.1) is 13.2 Å². The molecule has 1 amide bonds. The number of carbonyl (C=O) groups excluding carboxylic acids is 2. The standard InChI is InChI=1S/C18H18BrNO4/c1-12(14-5-3-4-6-15(14)19)20-18(22)11-24-16-8-7-13(10-21)9-17(16)23-2/h3-10,12H,11H2,1-2H3,(H,20,22)/t12-/m1/s1. The molecule has 2 rings (SSSR count). The van der Waals surface area contributed by atoms with E-state index in [-0.39, 0.29) is 18.6 Å². The first kappa shape index (κ1) is 18.0. The number of halogens is 1. The highest BCUT2D eigenvalue weighted by Crippen LogP contribution is 2.27. The summed E-state index contributed by atoms with van der Waals surface area (Å²) in [7, 11) is 1.48. The monoisotopic (exact) mass is 391 g/mol. The topological polar surface area (TPSA) is 64.6 Å². The molecule has 1 N–H and O–H groups in total. The van der Waals surface area contributed by atoms with Crippen molar-refractivity contribution in [2.75, 3.05) is 13.7 Å². The van der Waals surface area contributed by atoms with E-state index in [1.54, 1.807) is 18.2 Å². The van der Waals surface area contributed by atoms with E-state index in [2.05, 4.69) is 21.2 Å². The fourth-order valence-electron chi connectivity index (χ4n) is 2.21. The molecule has 0 aliphatic rings. The molecule has 0 saturated carbocycles. The van der Waals surface area contributed by atoms with E-state index in [0.717, 1.165) is 16.3 Å². The molecule has 0 aliphatic heterocycles. The van der Waals surface area contributed by atoms with Crippen molar-refractivity contribution >= 4 is 28.1 Å². The van der Waals surface area contributed by atoms with E-state index >= 15 is 0 Å². The molecular formula is C18H18BrNO4. The molecule has 5 nitrogen and oxygen atoms in total. The quantitative estimate of drug-likeness (QED) is 0.733. The van der Waals surface area contributed by atoms with Gasteiger partial charge in [-0.3, -0.25) is 9.59 Å². The smallest absolute Gasteiger partial charge is 0.258 e. The lowest BCUT2D eigenvalue weighted by Crippen LogP contribution is -2.31. The highest BCUT2D eigenvalue weighted by molar-refractivity contribution is 9.10. The van der Waals surface area contributed by atoms with Crippen LogP contribution in [0.3, 0.4) is 0 Å². The summed E-state index contributed by atoms with van der Waals surface area (Å²) in [4.78, 5) is 22.9. The fourth-order valence-corrected chi connectivity index (χ4v) is 2.84. The lowest BCUT2D eigenvalue weighted by molar-refractivity contribution is -0.123. The Balaban J connectivity index is 1.96. The maximum Gasteiger partial charge on any atom is 0.258 e. The molecule has 0 heterocycles. The number of amides is 1. The number of nitrogens with one attached hydrogen (secondary N) is 1. The van der Waals surface area contributed by atoms with Crippen molar-refractivity contribution in [3.63, 3.8) is 0 Å². The predicted molar refractivity (Wildman–Crippen MR) is 94.6 cm³/mol. The number of hydrogen-bond acceptors (Lipinski definition) is 4. The average molecular weight is 392 g/mol. The number of aldehydes is 1. The third-order valence-corrected chi connectivity index (χ3v) is 4.15. The summed E-state index contributed by atoms with van der Waals surface area (Å²) in [5.41, 5.74) is 1.46. The van der Waals surface area contributed by atoms with Crippen molar-refractivity contribution in [2.24, 2.45) is 0 Å². The van der Waals surface area contributed by atoms with E-state index < -0.39 is 0 Å². The van der Waals surface area contributed by atoms with E-state index in [9.17, 15) is 9.59 Å². The van der Waals surface area contributed by atoms with Crippen LogP contribution < -0.4 is 14.8 Å². The van der Waals surface area contributed by atoms with Crippen LogP contribution in [0.2, 0.25) is 0 Å². The van der Waals surface area contributed by atoms with Gasteiger partial charge in [0.25, 0.3) is 5.91 Å². The second kappa shape index (κ2) is 8.49. The van der Waals surface area contributed by atoms with Gasteiger partial charge in [-0.05, 0) is 36.8 Å². The largest absolute Gasteiger partial charge is 0.493 e. The van der Waals surface area contributed by atoms with Crippen molar-refractivity contribution < 1.29 is 19.1 Å². The molecule has 1 atom stereocenters. The lowest BCUT2D eigenvalue weighted by atomic mass is 10.1. The van der Waals surface area contributed by atoms with Crippen LogP contribution in [0.4, 0.5) is 0 Å². The molecule has 2 aromatic carbocycles. The van der Waals surface area contributed by atoms with Gasteiger partial charge in [-0.15, -0.1) is 0 Å². The molecule has 6 heteroatoms. The van der Waals surface area contributed by atoms with Gasteiger partial charge < -0.3 is 14.8 Å². The van der Waals surface area contributed by atoms with Crippen molar-refractivity contribution in [1.82, 2.24) is 5.32 Å². The number of ether oxygens (including phenoxy) is 2. The van der Waals surface area contributed by atoms with Crippen LogP contribution in [0.15, 0.2) is 46.9 Å². The summed E-state index contributed by atoms with van der Waals surface area (Å²) < 4.78 is 11.6. The third-order valence-electron chi connectivity index (χ3n) is 3.43. The Kier molecular flexibility index (Phi) is 6.37. The number of hydrogen-bond donors (Lipinski definition) is 1. The number of carbonyl (C=O) groups is 2. The van der Waals surface area contributed by atoms with Gasteiger partial charge in [0.1, 0.15) is 6.29 Å². The second-order valence-electron chi connectivity index (χ2n) is 5.13. The highest BCUT2D eigenvalue weighted by Gasteiger charge is 2.13. The molecule has 0 radical (unpaired) electrons. The fraction of sp³-hybridized carbons (Fsp3) is 0.222. The van der Waals surface area contributed by atoms with E-state index in [1.807, 2.05) is 31.2 Å². The zero-order valence-electron chi connectivity index (χ0n) is 13.4. The van der Waals surface area contributed by atoms with Crippen LogP contribution >= 0.6 is 15.9 Å². The normalized spacial score (nSPS) is 11.5. The molecule has 0 fully saturated rings. The second-order valence-corrected chi connectivity index (χ2v) is 5.98. The summed E-state index contributed by atoms with van der Waals surface area (Å²) in [6.45, 7) is 1.75. The van der Waals surface area contributed by atoms with Gasteiger partial charge in [0.15, 0.2) is 18.1 Å². The highest BCUT2D eigenvalue weighted by atomic mass is 79.9. The Hall–Kier alpha value is -2.34. The SMILES string of the molecule is COc1cc(C=O)ccc1OCC(=O)N[C@H](C)c1ccccc1Br. The molecular weight excluding hydrogens is 374 g/mol. The van der Waals surface area contributed by atoms with Gasteiger partial charge in [0.2, 0.25) is 0 Å². The number of benzene rings is 2. The van der Waals surface area contributed by atoms with Gasteiger partial charge in [-0.2, -0.15) is 0 Å². The Morgan fingerprint density at radius 3 is 2.67 bits per heavy atom. The molecule has 24 heavy (non-hydrogen) atoms. The maximum atomic E-state index is 12.1. The Labute approximate surface area is 149 Å². The van der Waals surface area contributed by atoms with Crippen LogP contribution in [0.25, 0.3) is 0 Å². The maximum absolute atomic E-state index is 12.1. The van der Waals surface area contributed by atoms with Crippen LogP contribution in [0, 0.1) is 0 Å². The molecule has 2 aromatic rings. The van der Waals surface area contributed by atoms with Crippen LogP contribution in [0.1, 0.15) is 28.9 Å². The summed E-state index contributed by atoms with van der Waals surface area (Å²) in [5.74, 6) is 0.567. The average Bonchev–Trinajstić information content (AvgIpc) is 2.60. The van der Waals surface area contributed by atoms with Gasteiger partial charge in [-0.1, -0.05) is 34.1 Å². The van der Waals surface area contributed by atoms with Crippen LogP contribution in [-0.2, 0) is 4.79 Å². The summed E-state index contributed by atoms with van der Waals surface area (Å²) in [5, 5.41) is 2.88. The third kappa shape index (κ3) is 4.58. The first-order valence-electron chi connectivity index (χ1n) is 7.35. The van der Waals surface area contributed by atoms with Crippen molar-refractivity contribution in [3.05, 3.63) is 58.1 Å². The number of methoxy groups -OCH3 is 1. The van der Waals surface area contributed by atoms with Crippen molar-refractivity contribution in [3.8, 4) is 11.5 Å². The van der Waals surface area contributed by atoms with Crippen molar-refractivity contribution in [1.29, 1.82) is 0 Å². The first-order chi connectivity index (χ1) is 11.5. The number of rotatable bonds is 7. The molecule has 126 valence electrons. The predicted octanol–water partition coefficient (Wildman–Crippen LogP) is 3.53. The Bertz CT molecular complexity index is 733. The molecule has 0 aromatic heterocycles. The van der Waals surface area contributed by atoms with Crippen molar-refractivity contribution in [2.45, 2.75) is 13.0 Å². The summed E-state index contributed by atoms with van der Waals surface area (Å²) >= 11 is 3.47. The summed E-state index contributed by atoms with van der Waals surface area (Å²) in [6.07, 6.45) is 0.721. The molecule has 0 unspecified atom stereocenters. The van der Waals surface area contributed by atoms with E-state index in [4.69, 9.17) is 9.47 Å². The van der Waals surface area contributed by atoms with Crippen LogP contribution in [0.5, 0.6) is 11.5 Å². The molecule has 0 saturated heterocycles. The lowest BCUT2D eigenvalue weighted by Gasteiger charge is -2.16. The minimum Gasteiger partial charge on any atom is -0.493 e. The van der Waals surface area contributed by atoms with Crippen LogP contribution in [-0.4, -0.2) is 25.9 Å². The summed E-state index contributed by atoms with van der Waals surface area (Å²) in [6, 6.07) is 12.3. The minimum atomic E-state index is -0.250. The zero-order valence-corrected chi connectivity index (χ0v) is 15.0. The first-order valence-corrected chi connectivity index (χ1v) is 8.14.